The van der Waals surface area contributed by atoms with Crippen LogP contribution in [0.2, 0.25) is 0 Å². The van der Waals surface area contributed by atoms with Crippen molar-refractivity contribution in [2.45, 2.75) is 33.0 Å². The smallest absolute Gasteiger partial charge is 0.262 e. The van der Waals surface area contributed by atoms with E-state index in [1.54, 1.807) is 0 Å². The van der Waals surface area contributed by atoms with Crippen LogP contribution in [0.1, 0.15) is 25.0 Å². The average molecular weight is 399 g/mol. The number of amides is 1. The Balaban J connectivity index is 1.52. The van der Waals surface area contributed by atoms with E-state index in [0.29, 0.717) is 5.75 Å². The van der Waals surface area contributed by atoms with Gasteiger partial charge in [0.05, 0.1) is 12.2 Å². The molecule has 2 aromatic rings. The number of anilines is 1. The van der Waals surface area contributed by atoms with E-state index in [1.165, 1.54) is 0 Å². The summed E-state index contributed by atoms with van der Waals surface area (Å²) in [5, 5.41) is 2.83. The first kappa shape index (κ1) is 20.3. The van der Waals surface area contributed by atoms with Gasteiger partial charge in [-0.05, 0) is 62.7 Å². The lowest BCUT2D eigenvalue weighted by molar-refractivity contribution is -0.118. The molecule has 1 aliphatic heterocycles. The molecule has 0 aromatic heterocycles. The Morgan fingerprint density at radius 3 is 2.50 bits per heavy atom. The van der Waals surface area contributed by atoms with Gasteiger partial charge in [-0.15, -0.1) is 0 Å². The molecule has 2 aromatic carbocycles. The molecule has 3 rings (SSSR count). The molecule has 0 unspecified atom stereocenters. The largest absolute Gasteiger partial charge is 0.484 e. The predicted octanol–water partition coefficient (Wildman–Crippen LogP) is 3.80. The van der Waals surface area contributed by atoms with Gasteiger partial charge < -0.3 is 19.7 Å². The molecule has 148 valence electrons. The Labute approximate surface area is 171 Å². The number of hydrogen-bond donors (Lipinski definition) is 1. The fraction of sp³-hybridized carbons (Fsp3) is 0.364. The predicted molar refractivity (Wildman–Crippen MR) is 115 cm³/mol. The molecule has 0 radical (unpaired) electrons. The van der Waals surface area contributed by atoms with Gasteiger partial charge >= 0.3 is 0 Å². The summed E-state index contributed by atoms with van der Waals surface area (Å²) in [6, 6.07) is 15.2. The molecular weight excluding hydrogens is 372 g/mol. The van der Waals surface area contributed by atoms with Crippen molar-refractivity contribution in [3.8, 4) is 5.75 Å². The molecule has 0 spiro atoms. The minimum absolute atomic E-state index is 0.0454. The first-order chi connectivity index (χ1) is 13.4. The monoisotopic (exact) mass is 398 g/mol. The maximum atomic E-state index is 12.1. The summed E-state index contributed by atoms with van der Waals surface area (Å²) in [6.07, 6.45) is 0.326. The van der Waals surface area contributed by atoms with E-state index < -0.39 is 0 Å². The molecule has 28 heavy (non-hydrogen) atoms. The molecule has 1 amide bonds. The highest BCUT2D eigenvalue weighted by atomic mass is 32.1. The zero-order valence-electron chi connectivity index (χ0n) is 16.5. The quantitative estimate of drug-likeness (QED) is 0.777. The molecular formula is C22H26N2O3S. The zero-order chi connectivity index (χ0) is 20.1. The van der Waals surface area contributed by atoms with Crippen LogP contribution in [0.5, 0.6) is 5.75 Å². The van der Waals surface area contributed by atoms with Crippen molar-refractivity contribution in [3.63, 3.8) is 0 Å². The molecule has 1 aliphatic rings. The van der Waals surface area contributed by atoms with Crippen molar-refractivity contribution in [2.75, 3.05) is 25.0 Å². The Kier molecular flexibility index (Phi) is 6.65. The van der Waals surface area contributed by atoms with Crippen LogP contribution in [0.15, 0.2) is 48.5 Å². The third-order valence-corrected chi connectivity index (χ3v) is 4.97. The first-order valence-electron chi connectivity index (χ1n) is 9.45. The van der Waals surface area contributed by atoms with Gasteiger partial charge in [0.25, 0.3) is 5.91 Å². The van der Waals surface area contributed by atoms with E-state index in [1.807, 2.05) is 55.5 Å². The first-order valence-corrected chi connectivity index (χ1v) is 9.85. The Hall–Kier alpha value is -2.44. The lowest BCUT2D eigenvalue weighted by Gasteiger charge is -2.37. The van der Waals surface area contributed by atoms with Gasteiger partial charge in [-0.2, -0.15) is 0 Å². The van der Waals surface area contributed by atoms with Crippen molar-refractivity contribution in [1.82, 2.24) is 4.90 Å². The molecule has 1 fully saturated rings. The van der Waals surface area contributed by atoms with Crippen LogP contribution in [-0.4, -0.2) is 47.7 Å². The fourth-order valence-corrected chi connectivity index (χ4v) is 3.57. The summed E-state index contributed by atoms with van der Waals surface area (Å²) < 4.78 is 11.4. The van der Waals surface area contributed by atoms with E-state index in [0.717, 1.165) is 34.9 Å². The second-order valence-corrected chi connectivity index (χ2v) is 7.58. The summed E-state index contributed by atoms with van der Waals surface area (Å²) in [5.74, 6) is 0.441. The number of carbonyl (C=O) groups excluding carboxylic acids is 1. The van der Waals surface area contributed by atoms with Crippen molar-refractivity contribution in [1.29, 1.82) is 0 Å². The van der Waals surface area contributed by atoms with Crippen LogP contribution in [0.3, 0.4) is 0 Å². The summed E-state index contributed by atoms with van der Waals surface area (Å²) in [5.41, 5.74) is 2.82. The van der Waals surface area contributed by atoms with Crippen molar-refractivity contribution in [2.24, 2.45) is 0 Å². The number of thiocarbonyl (C=S) groups is 1. The highest BCUT2D eigenvalue weighted by Crippen LogP contribution is 2.18. The number of nitrogens with zero attached hydrogens (tertiary/aromatic N) is 1. The number of morpholine rings is 1. The molecule has 0 aliphatic carbocycles. The zero-order valence-corrected chi connectivity index (χ0v) is 17.3. The van der Waals surface area contributed by atoms with Gasteiger partial charge in [-0.1, -0.05) is 24.4 Å². The van der Waals surface area contributed by atoms with Crippen LogP contribution in [0.25, 0.3) is 0 Å². The Morgan fingerprint density at radius 1 is 1.18 bits per heavy atom. The van der Waals surface area contributed by atoms with E-state index in [4.69, 9.17) is 21.7 Å². The summed E-state index contributed by atoms with van der Waals surface area (Å²) in [7, 11) is 0. The standard InChI is InChI=1S/C22H26N2O3S/c1-15-5-4-6-19(11-15)23-21(25)14-26-20-9-7-18(8-10-20)22(28)24-12-16(2)27-17(3)13-24/h4-11,16-17H,12-14H2,1-3H3,(H,23,25)/t16-,17-/m1/s1. The average Bonchev–Trinajstić information content (AvgIpc) is 2.65. The topological polar surface area (TPSA) is 50.8 Å². The van der Waals surface area contributed by atoms with Gasteiger partial charge in [0.2, 0.25) is 0 Å². The van der Waals surface area contributed by atoms with E-state index in [2.05, 4.69) is 24.1 Å². The number of ether oxygens (including phenoxy) is 2. The number of carbonyl (C=O) groups is 1. The molecule has 2 atom stereocenters. The molecule has 1 N–H and O–H groups in total. The fourth-order valence-electron chi connectivity index (χ4n) is 3.29. The van der Waals surface area contributed by atoms with Crippen molar-refractivity contribution >= 4 is 28.8 Å². The lowest BCUT2D eigenvalue weighted by atomic mass is 10.1. The van der Waals surface area contributed by atoms with Gasteiger partial charge in [0.1, 0.15) is 10.7 Å². The minimum Gasteiger partial charge on any atom is -0.484 e. The number of rotatable bonds is 5. The maximum Gasteiger partial charge on any atom is 0.262 e. The van der Waals surface area contributed by atoms with Gasteiger partial charge in [0, 0.05) is 24.3 Å². The van der Waals surface area contributed by atoms with E-state index >= 15 is 0 Å². The van der Waals surface area contributed by atoms with Crippen LogP contribution in [0, 0.1) is 6.92 Å². The second-order valence-electron chi connectivity index (χ2n) is 7.20. The van der Waals surface area contributed by atoms with Gasteiger partial charge in [0.15, 0.2) is 6.61 Å². The number of hydrogen-bond acceptors (Lipinski definition) is 4. The van der Waals surface area contributed by atoms with Crippen molar-refractivity contribution in [3.05, 3.63) is 59.7 Å². The number of aryl methyl sites for hydroxylation is 1. The van der Waals surface area contributed by atoms with Crippen molar-refractivity contribution < 1.29 is 14.3 Å². The van der Waals surface area contributed by atoms with Crippen LogP contribution in [0.4, 0.5) is 5.69 Å². The number of benzene rings is 2. The van der Waals surface area contributed by atoms with Crippen LogP contribution < -0.4 is 10.1 Å². The summed E-state index contributed by atoms with van der Waals surface area (Å²) in [6.45, 7) is 7.64. The maximum absolute atomic E-state index is 12.1. The van der Waals surface area contributed by atoms with Crippen LogP contribution in [-0.2, 0) is 9.53 Å². The van der Waals surface area contributed by atoms with Gasteiger partial charge in [-0.25, -0.2) is 0 Å². The Bertz CT molecular complexity index is 828. The SMILES string of the molecule is Cc1cccc(NC(=O)COc2ccc(C(=S)N3C[C@@H](C)O[C@H](C)C3)cc2)c1. The highest BCUT2D eigenvalue weighted by molar-refractivity contribution is 7.80. The molecule has 1 heterocycles. The van der Waals surface area contributed by atoms with Gasteiger partial charge in [-0.3, -0.25) is 4.79 Å². The highest BCUT2D eigenvalue weighted by Gasteiger charge is 2.24. The minimum atomic E-state index is -0.193. The Morgan fingerprint density at radius 2 is 1.86 bits per heavy atom. The van der Waals surface area contributed by atoms with Crippen LogP contribution >= 0.6 is 12.2 Å². The third kappa shape index (κ3) is 5.53. The molecule has 6 heteroatoms. The van der Waals surface area contributed by atoms with E-state index in [9.17, 15) is 4.79 Å². The summed E-state index contributed by atoms with van der Waals surface area (Å²) >= 11 is 5.64. The molecule has 0 saturated carbocycles. The summed E-state index contributed by atoms with van der Waals surface area (Å²) in [4.78, 5) is 15.1. The number of nitrogens with one attached hydrogen (secondary N) is 1. The third-order valence-electron chi connectivity index (χ3n) is 4.48. The molecule has 1 saturated heterocycles. The lowest BCUT2D eigenvalue weighted by Crippen LogP contribution is -2.47. The van der Waals surface area contributed by atoms with E-state index in [-0.39, 0.29) is 24.7 Å². The normalized spacial score (nSPS) is 19.2. The second kappa shape index (κ2) is 9.17. The molecule has 0 bridgehead atoms. The molecule has 5 nitrogen and oxygen atoms in total.